The normalized spacial score (nSPS) is 9.50. The fraction of sp³-hybridized carbons (Fsp3) is 0.125. The van der Waals surface area contributed by atoms with Crippen LogP contribution >= 0.6 is 0 Å². The number of hydrogen-bond donors (Lipinski definition) is 2. The number of aliphatic hydroxyl groups is 1. The summed E-state index contributed by atoms with van der Waals surface area (Å²) in [5, 5.41) is 11.4. The predicted molar refractivity (Wildman–Crippen MR) is 77.3 cm³/mol. The molecule has 2 rings (SSSR count). The maximum absolute atomic E-state index is 12.0. The van der Waals surface area contributed by atoms with Gasteiger partial charge in [0.05, 0.1) is 5.56 Å². The van der Waals surface area contributed by atoms with E-state index in [-0.39, 0.29) is 12.5 Å². The molecule has 1 aromatic heterocycles. The molecule has 20 heavy (non-hydrogen) atoms. The topological polar surface area (TPSA) is 62.2 Å². The molecule has 4 nitrogen and oxygen atoms in total. The highest BCUT2D eigenvalue weighted by atomic mass is 16.2. The van der Waals surface area contributed by atoms with Crippen LogP contribution in [0.2, 0.25) is 0 Å². The number of rotatable bonds is 2. The first-order chi connectivity index (χ1) is 9.69. The number of benzene rings is 1. The molecular weight excluding hydrogens is 252 g/mol. The Hall–Kier alpha value is -2.64. The lowest BCUT2D eigenvalue weighted by molar-refractivity contribution is 0.102. The van der Waals surface area contributed by atoms with Crippen molar-refractivity contribution in [2.75, 3.05) is 11.9 Å². The van der Waals surface area contributed by atoms with Gasteiger partial charge in [-0.3, -0.25) is 9.78 Å². The average Bonchev–Trinajstić information content (AvgIpc) is 2.47. The highest BCUT2D eigenvalue weighted by molar-refractivity contribution is 6.04. The standard InChI is InChI=1S/C16H14N2O2/c1-12-4-7-14(11-17-12)16(20)18-15-8-5-13(6-9-15)3-2-10-19/h4-9,11,19H,10H2,1H3,(H,18,20). The predicted octanol–water partition coefficient (Wildman–Crippen LogP) is 1.99. The highest BCUT2D eigenvalue weighted by Gasteiger charge is 2.05. The molecule has 4 heteroatoms. The number of aromatic nitrogens is 1. The minimum absolute atomic E-state index is 0.168. The lowest BCUT2D eigenvalue weighted by Gasteiger charge is -2.05. The fourth-order valence-corrected chi connectivity index (χ4v) is 1.58. The highest BCUT2D eigenvalue weighted by Crippen LogP contribution is 2.10. The third kappa shape index (κ3) is 3.67. The van der Waals surface area contributed by atoms with Gasteiger partial charge >= 0.3 is 0 Å². The van der Waals surface area contributed by atoms with Crippen molar-refractivity contribution in [2.24, 2.45) is 0 Å². The van der Waals surface area contributed by atoms with Gasteiger partial charge in [-0.1, -0.05) is 11.8 Å². The van der Waals surface area contributed by atoms with E-state index in [1.165, 1.54) is 0 Å². The van der Waals surface area contributed by atoms with E-state index in [2.05, 4.69) is 22.1 Å². The molecule has 1 heterocycles. The number of amides is 1. The van der Waals surface area contributed by atoms with Gasteiger partial charge in [-0.2, -0.15) is 0 Å². The van der Waals surface area contributed by atoms with E-state index in [1.54, 1.807) is 42.6 Å². The van der Waals surface area contributed by atoms with Crippen LogP contribution in [0.1, 0.15) is 21.6 Å². The van der Waals surface area contributed by atoms with Crippen molar-refractivity contribution in [3.8, 4) is 11.8 Å². The maximum Gasteiger partial charge on any atom is 0.257 e. The number of hydrogen-bond acceptors (Lipinski definition) is 3. The summed E-state index contributed by atoms with van der Waals surface area (Å²) in [6, 6.07) is 10.6. The smallest absolute Gasteiger partial charge is 0.257 e. The molecule has 2 N–H and O–H groups in total. The van der Waals surface area contributed by atoms with Gasteiger partial charge in [0.2, 0.25) is 0 Å². The van der Waals surface area contributed by atoms with Gasteiger partial charge in [0.15, 0.2) is 0 Å². The number of aliphatic hydroxyl groups excluding tert-OH is 1. The van der Waals surface area contributed by atoms with Crippen LogP contribution in [0.5, 0.6) is 0 Å². The maximum atomic E-state index is 12.0. The Kier molecular flexibility index (Phi) is 4.48. The number of anilines is 1. The molecule has 2 aromatic rings. The number of nitrogens with zero attached hydrogens (tertiary/aromatic N) is 1. The van der Waals surface area contributed by atoms with E-state index in [4.69, 9.17) is 5.11 Å². The number of carbonyl (C=O) groups excluding carboxylic acids is 1. The van der Waals surface area contributed by atoms with Crippen LogP contribution < -0.4 is 5.32 Å². The van der Waals surface area contributed by atoms with Crippen LogP contribution in [0.4, 0.5) is 5.69 Å². The summed E-state index contributed by atoms with van der Waals surface area (Å²) < 4.78 is 0. The quantitative estimate of drug-likeness (QED) is 0.817. The Bertz CT molecular complexity index is 650. The Labute approximate surface area is 117 Å². The van der Waals surface area contributed by atoms with E-state index < -0.39 is 0 Å². The van der Waals surface area contributed by atoms with Gasteiger partial charge in [-0.25, -0.2) is 0 Å². The summed E-state index contributed by atoms with van der Waals surface area (Å²) in [7, 11) is 0. The molecule has 0 atom stereocenters. The van der Waals surface area contributed by atoms with Gasteiger partial charge in [0.25, 0.3) is 5.91 Å². The third-order valence-electron chi connectivity index (χ3n) is 2.63. The molecule has 0 unspecified atom stereocenters. The first-order valence-corrected chi connectivity index (χ1v) is 6.13. The molecule has 0 bridgehead atoms. The summed E-state index contributed by atoms with van der Waals surface area (Å²) in [5.41, 5.74) is 2.85. The molecule has 0 aliphatic heterocycles. The molecule has 1 aromatic carbocycles. The largest absolute Gasteiger partial charge is 0.384 e. The van der Waals surface area contributed by atoms with E-state index in [9.17, 15) is 4.79 Å². The van der Waals surface area contributed by atoms with Crippen molar-refractivity contribution in [3.05, 3.63) is 59.4 Å². The number of nitrogens with one attached hydrogen (secondary N) is 1. The zero-order valence-corrected chi connectivity index (χ0v) is 11.1. The summed E-state index contributed by atoms with van der Waals surface area (Å²) in [5.74, 6) is 5.15. The van der Waals surface area contributed by atoms with Crippen LogP contribution in [0.3, 0.4) is 0 Å². The molecule has 0 radical (unpaired) electrons. The molecule has 1 amide bonds. The Balaban J connectivity index is 2.06. The SMILES string of the molecule is Cc1ccc(C(=O)Nc2ccc(C#CCO)cc2)cn1. The van der Waals surface area contributed by atoms with Crippen molar-refractivity contribution >= 4 is 11.6 Å². The minimum atomic E-state index is -0.202. The Morgan fingerprint density at radius 3 is 2.60 bits per heavy atom. The molecule has 0 aliphatic rings. The average molecular weight is 266 g/mol. The van der Waals surface area contributed by atoms with E-state index in [0.717, 1.165) is 11.3 Å². The van der Waals surface area contributed by atoms with Crippen molar-refractivity contribution in [2.45, 2.75) is 6.92 Å². The van der Waals surface area contributed by atoms with E-state index in [1.807, 2.05) is 6.92 Å². The van der Waals surface area contributed by atoms with Crippen molar-refractivity contribution in [3.63, 3.8) is 0 Å². The van der Waals surface area contributed by atoms with Gasteiger partial charge in [-0.15, -0.1) is 0 Å². The zero-order valence-electron chi connectivity index (χ0n) is 11.1. The fourth-order valence-electron chi connectivity index (χ4n) is 1.58. The summed E-state index contributed by atoms with van der Waals surface area (Å²) in [6.07, 6.45) is 1.55. The molecule has 0 saturated heterocycles. The van der Waals surface area contributed by atoms with Crippen LogP contribution in [0, 0.1) is 18.8 Å². The molecule has 0 saturated carbocycles. The summed E-state index contributed by atoms with van der Waals surface area (Å²) in [4.78, 5) is 16.1. The van der Waals surface area contributed by atoms with Crippen molar-refractivity contribution in [1.82, 2.24) is 4.98 Å². The lowest BCUT2D eigenvalue weighted by atomic mass is 10.2. The zero-order chi connectivity index (χ0) is 14.4. The molecule has 0 spiro atoms. The number of carbonyl (C=O) groups is 1. The molecule has 100 valence electrons. The third-order valence-corrected chi connectivity index (χ3v) is 2.63. The summed E-state index contributed by atoms with van der Waals surface area (Å²) >= 11 is 0. The monoisotopic (exact) mass is 266 g/mol. The van der Waals surface area contributed by atoms with E-state index in [0.29, 0.717) is 11.3 Å². The second kappa shape index (κ2) is 6.50. The Morgan fingerprint density at radius 1 is 1.25 bits per heavy atom. The first-order valence-electron chi connectivity index (χ1n) is 6.13. The second-order valence-corrected chi connectivity index (χ2v) is 4.18. The molecular formula is C16H14N2O2. The molecule has 0 fully saturated rings. The van der Waals surface area contributed by atoms with Gasteiger partial charge in [0.1, 0.15) is 6.61 Å². The number of aryl methyl sites for hydroxylation is 1. The lowest BCUT2D eigenvalue weighted by Crippen LogP contribution is -2.12. The van der Waals surface area contributed by atoms with Crippen LogP contribution in [-0.2, 0) is 0 Å². The van der Waals surface area contributed by atoms with Gasteiger partial charge in [0, 0.05) is 23.1 Å². The van der Waals surface area contributed by atoms with Gasteiger partial charge in [-0.05, 0) is 43.3 Å². The van der Waals surface area contributed by atoms with Crippen LogP contribution in [0.15, 0.2) is 42.6 Å². The summed E-state index contributed by atoms with van der Waals surface area (Å²) in [6.45, 7) is 1.70. The molecule has 0 aliphatic carbocycles. The van der Waals surface area contributed by atoms with E-state index >= 15 is 0 Å². The van der Waals surface area contributed by atoms with Gasteiger partial charge < -0.3 is 10.4 Å². The van der Waals surface area contributed by atoms with Crippen LogP contribution in [-0.4, -0.2) is 22.6 Å². The first kappa shape index (κ1) is 13.8. The second-order valence-electron chi connectivity index (χ2n) is 4.18. The van der Waals surface area contributed by atoms with Crippen molar-refractivity contribution < 1.29 is 9.90 Å². The van der Waals surface area contributed by atoms with Crippen LogP contribution in [0.25, 0.3) is 0 Å². The van der Waals surface area contributed by atoms with Crippen molar-refractivity contribution in [1.29, 1.82) is 0 Å². The minimum Gasteiger partial charge on any atom is -0.384 e. The number of pyridine rings is 1. The Morgan fingerprint density at radius 2 is 2.00 bits per heavy atom.